The fourth-order valence-electron chi connectivity index (χ4n) is 2.51. The zero-order valence-electron chi connectivity index (χ0n) is 13.0. The first kappa shape index (κ1) is 21.7. The van der Waals surface area contributed by atoms with Crippen LogP contribution in [0, 0.1) is 5.92 Å². The Balaban J connectivity index is 2.26. The molecule has 1 aliphatic carbocycles. The standard InChI is InChI=1S/C14H15Cl6N3O2/c1-25-9-6-7(2-4-8(9)24)3-5-10-21-11(13(15,16)17)23-12(22-10)14(18,19)20/h3,5,7-9,24H,2,4,6H2,1H3/b5-3+. The summed E-state index contributed by atoms with van der Waals surface area (Å²) >= 11 is 35.0. The molecule has 0 saturated heterocycles. The summed E-state index contributed by atoms with van der Waals surface area (Å²) in [5.74, 6) is 0.111. The lowest BCUT2D eigenvalue weighted by molar-refractivity contribution is -0.0448. The number of hydrogen-bond acceptors (Lipinski definition) is 5. The van der Waals surface area contributed by atoms with Crippen molar-refractivity contribution < 1.29 is 9.84 Å². The van der Waals surface area contributed by atoms with Gasteiger partial charge in [-0.1, -0.05) is 75.7 Å². The first-order chi connectivity index (χ1) is 11.5. The summed E-state index contributed by atoms with van der Waals surface area (Å²) < 4.78 is 1.52. The van der Waals surface area contributed by atoms with E-state index in [2.05, 4.69) is 15.0 Å². The van der Waals surface area contributed by atoms with Crippen molar-refractivity contribution >= 4 is 75.7 Å². The van der Waals surface area contributed by atoms with Gasteiger partial charge in [0.15, 0.2) is 17.5 Å². The molecule has 2 rings (SSSR count). The van der Waals surface area contributed by atoms with E-state index in [9.17, 15) is 5.11 Å². The van der Waals surface area contributed by atoms with Gasteiger partial charge < -0.3 is 9.84 Å². The van der Waals surface area contributed by atoms with Crippen molar-refractivity contribution in [2.75, 3.05) is 7.11 Å². The molecular formula is C14H15Cl6N3O2. The van der Waals surface area contributed by atoms with Crippen LogP contribution in [0.2, 0.25) is 0 Å². The van der Waals surface area contributed by atoms with E-state index in [1.54, 1.807) is 13.2 Å². The van der Waals surface area contributed by atoms with Gasteiger partial charge in [0.1, 0.15) is 0 Å². The molecule has 0 spiro atoms. The van der Waals surface area contributed by atoms with Crippen molar-refractivity contribution in [3.63, 3.8) is 0 Å². The van der Waals surface area contributed by atoms with E-state index in [0.717, 1.165) is 6.42 Å². The lowest BCUT2D eigenvalue weighted by atomic mass is 9.85. The van der Waals surface area contributed by atoms with Crippen LogP contribution in [0.15, 0.2) is 6.08 Å². The first-order valence-electron chi connectivity index (χ1n) is 7.30. The Labute approximate surface area is 175 Å². The maximum Gasteiger partial charge on any atom is 0.250 e. The molecule has 3 atom stereocenters. The number of hydrogen-bond donors (Lipinski definition) is 1. The fourth-order valence-corrected chi connectivity index (χ4v) is 3.02. The largest absolute Gasteiger partial charge is 0.390 e. The van der Waals surface area contributed by atoms with E-state index in [-0.39, 0.29) is 29.5 Å². The second-order valence-electron chi connectivity index (χ2n) is 5.61. The molecule has 11 heteroatoms. The molecular weight excluding hydrogens is 455 g/mol. The Hall–Kier alpha value is 0.410. The number of aromatic nitrogens is 3. The van der Waals surface area contributed by atoms with E-state index in [1.165, 1.54) is 0 Å². The molecule has 25 heavy (non-hydrogen) atoms. The zero-order valence-corrected chi connectivity index (χ0v) is 17.5. The fraction of sp³-hybridized carbons (Fsp3) is 0.643. The van der Waals surface area contributed by atoms with Gasteiger partial charge in [-0.3, -0.25) is 0 Å². The number of aliphatic hydroxyl groups is 1. The first-order valence-corrected chi connectivity index (χ1v) is 9.57. The molecule has 0 aliphatic heterocycles. The average Bonchev–Trinajstić information content (AvgIpc) is 2.52. The summed E-state index contributed by atoms with van der Waals surface area (Å²) in [4.78, 5) is 12.1. The smallest absolute Gasteiger partial charge is 0.250 e. The lowest BCUT2D eigenvalue weighted by Gasteiger charge is -2.30. The third kappa shape index (κ3) is 6.22. The minimum absolute atomic E-state index is 0.137. The highest BCUT2D eigenvalue weighted by Gasteiger charge is 2.33. The third-order valence-corrected chi connectivity index (χ3v) is 4.79. The van der Waals surface area contributed by atoms with Crippen LogP contribution in [-0.4, -0.2) is 39.4 Å². The maximum atomic E-state index is 9.85. The van der Waals surface area contributed by atoms with Gasteiger partial charge in [0.2, 0.25) is 7.59 Å². The van der Waals surface area contributed by atoms with Gasteiger partial charge in [0, 0.05) is 7.11 Å². The Morgan fingerprint density at radius 3 is 2.04 bits per heavy atom. The predicted molar refractivity (Wildman–Crippen MR) is 101 cm³/mol. The normalized spacial score (nSPS) is 25.5. The molecule has 0 aromatic carbocycles. The van der Waals surface area contributed by atoms with Gasteiger partial charge in [0.25, 0.3) is 0 Å². The van der Waals surface area contributed by atoms with Crippen LogP contribution in [0.1, 0.15) is 36.7 Å². The molecule has 0 bridgehead atoms. The second-order valence-corrected chi connectivity index (χ2v) is 10.2. The van der Waals surface area contributed by atoms with E-state index >= 15 is 0 Å². The summed E-state index contributed by atoms with van der Waals surface area (Å²) in [6.45, 7) is 0. The monoisotopic (exact) mass is 467 g/mol. The number of allylic oxidation sites excluding steroid dienone is 1. The van der Waals surface area contributed by atoms with Crippen molar-refractivity contribution in [2.24, 2.45) is 5.92 Å². The number of halogens is 6. The van der Waals surface area contributed by atoms with Crippen molar-refractivity contribution in [2.45, 2.75) is 39.1 Å². The molecule has 1 aliphatic rings. The molecule has 5 nitrogen and oxygen atoms in total. The number of alkyl halides is 6. The minimum atomic E-state index is -1.88. The van der Waals surface area contributed by atoms with Crippen LogP contribution < -0.4 is 0 Å². The number of methoxy groups -OCH3 is 1. The van der Waals surface area contributed by atoms with Crippen LogP contribution in [0.5, 0.6) is 0 Å². The molecule has 0 amide bonds. The van der Waals surface area contributed by atoms with Crippen LogP contribution in [0.25, 0.3) is 6.08 Å². The van der Waals surface area contributed by atoms with Crippen molar-refractivity contribution in [3.05, 3.63) is 23.5 Å². The van der Waals surface area contributed by atoms with Crippen molar-refractivity contribution in [1.29, 1.82) is 0 Å². The Morgan fingerprint density at radius 1 is 1.00 bits per heavy atom. The number of nitrogens with zero attached hydrogens (tertiary/aromatic N) is 3. The van der Waals surface area contributed by atoms with Crippen LogP contribution in [0.3, 0.4) is 0 Å². The Kier molecular flexibility index (Phi) is 7.48. The Bertz CT molecular complexity index is 600. The van der Waals surface area contributed by atoms with Gasteiger partial charge in [-0.25, -0.2) is 15.0 Å². The van der Waals surface area contributed by atoms with Gasteiger partial charge in [0.05, 0.1) is 12.2 Å². The second kappa shape index (κ2) is 8.61. The molecule has 1 aromatic heterocycles. The maximum absolute atomic E-state index is 9.85. The van der Waals surface area contributed by atoms with E-state index in [1.807, 2.05) is 6.08 Å². The summed E-state index contributed by atoms with van der Waals surface area (Å²) in [5.41, 5.74) is 0. The highest BCUT2D eigenvalue weighted by atomic mass is 35.6. The third-order valence-electron chi connectivity index (χ3n) is 3.78. The van der Waals surface area contributed by atoms with Gasteiger partial charge in [-0.2, -0.15) is 0 Å². The number of rotatable bonds is 3. The van der Waals surface area contributed by atoms with E-state index in [4.69, 9.17) is 74.3 Å². The van der Waals surface area contributed by atoms with Crippen LogP contribution in [-0.2, 0) is 12.3 Å². The summed E-state index contributed by atoms with van der Waals surface area (Å²) in [6.07, 6.45) is 5.00. The summed E-state index contributed by atoms with van der Waals surface area (Å²) in [5, 5.41) is 9.85. The molecule has 0 radical (unpaired) electrons. The van der Waals surface area contributed by atoms with Crippen LogP contribution >= 0.6 is 69.6 Å². The van der Waals surface area contributed by atoms with Gasteiger partial charge in [-0.05, 0) is 31.3 Å². The highest BCUT2D eigenvalue weighted by Crippen LogP contribution is 2.40. The van der Waals surface area contributed by atoms with Gasteiger partial charge in [-0.15, -0.1) is 0 Å². The number of ether oxygens (including phenoxy) is 1. The predicted octanol–water partition coefficient (Wildman–Crippen LogP) is 4.71. The Morgan fingerprint density at radius 2 is 1.56 bits per heavy atom. The SMILES string of the molecule is COC1CC(/C=C/c2nc(C(Cl)(Cl)Cl)nc(C(Cl)(Cl)Cl)n2)CCC1O. The quantitative estimate of drug-likeness (QED) is 0.649. The molecule has 1 saturated carbocycles. The molecule has 3 unspecified atom stereocenters. The van der Waals surface area contributed by atoms with Gasteiger partial charge >= 0.3 is 0 Å². The molecule has 1 aromatic rings. The minimum Gasteiger partial charge on any atom is -0.390 e. The topological polar surface area (TPSA) is 68.1 Å². The molecule has 1 N–H and O–H groups in total. The summed E-state index contributed by atoms with van der Waals surface area (Å²) in [6, 6.07) is 0. The molecule has 1 heterocycles. The highest BCUT2D eigenvalue weighted by molar-refractivity contribution is 6.67. The van der Waals surface area contributed by atoms with Crippen molar-refractivity contribution in [1.82, 2.24) is 15.0 Å². The van der Waals surface area contributed by atoms with E-state index in [0.29, 0.717) is 12.8 Å². The zero-order chi connectivity index (χ0) is 18.8. The average molecular weight is 470 g/mol. The summed E-state index contributed by atoms with van der Waals surface area (Å²) in [7, 11) is 1.58. The lowest BCUT2D eigenvalue weighted by Crippen LogP contribution is -2.34. The van der Waals surface area contributed by atoms with Crippen LogP contribution in [0.4, 0.5) is 0 Å². The number of aliphatic hydroxyl groups excluding tert-OH is 1. The van der Waals surface area contributed by atoms with E-state index < -0.39 is 13.7 Å². The molecule has 140 valence electrons. The molecule has 1 fully saturated rings. The van der Waals surface area contributed by atoms with Crippen molar-refractivity contribution in [3.8, 4) is 0 Å².